The summed E-state index contributed by atoms with van der Waals surface area (Å²) in [5.74, 6) is -0.340. The zero-order valence-electron chi connectivity index (χ0n) is 11.9. The van der Waals surface area contributed by atoms with E-state index in [0.29, 0.717) is 0 Å². The summed E-state index contributed by atoms with van der Waals surface area (Å²) in [7, 11) is 0. The number of hydrogen-bond donors (Lipinski definition) is 1. The number of nitrogens with one attached hydrogen (secondary N) is 1. The molecule has 0 heterocycles. The Morgan fingerprint density at radius 3 is 2.48 bits per heavy atom. The number of nitro groups is 2. The van der Waals surface area contributed by atoms with Crippen molar-refractivity contribution in [1.82, 2.24) is 5.32 Å². The van der Waals surface area contributed by atoms with E-state index < -0.39 is 15.5 Å². The van der Waals surface area contributed by atoms with E-state index in [-0.39, 0.29) is 29.6 Å². The Morgan fingerprint density at radius 2 is 1.95 bits per heavy atom. The Hall–Kier alpha value is -2.51. The van der Waals surface area contributed by atoms with Crippen LogP contribution in [0.4, 0.5) is 11.4 Å². The summed E-state index contributed by atoms with van der Waals surface area (Å²) in [6.45, 7) is 3.84. The van der Waals surface area contributed by atoms with Gasteiger partial charge in [-0.1, -0.05) is 13.3 Å². The Bertz CT molecular complexity index is 559. The van der Waals surface area contributed by atoms with Crippen molar-refractivity contribution in [3.63, 3.8) is 0 Å². The van der Waals surface area contributed by atoms with Gasteiger partial charge in [-0.05, 0) is 19.4 Å². The van der Waals surface area contributed by atoms with Gasteiger partial charge in [0, 0.05) is 17.7 Å². The fourth-order valence-corrected chi connectivity index (χ4v) is 1.99. The van der Waals surface area contributed by atoms with Crippen LogP contribution < -0.4 is 5.32 Å². The SMILES string of the molecule is CCCC(C)NC(=O)Cc1ccc([N+](=O)[O-])cc1[N+](=O)[O-]. The fraction of sp³-hybridized carbons (Fsp3) is 0.462. The molecule has 0 spiro atoms. The molecule has 0 radical (unpaired) electrons. The van der Waals surface area contributed by atoms with E-state index in [1.807, 2.05) is 13.8 Å². The summed E-state index contributed by atoms with van der Waals surface area (Å²) >= 11 is 0. The molecule has 1 atom stereocenters. The van der Waals surface area contributed by atoms with Gasteiger partial charge in [0.05, 0.1) is 22.3 Å². The number of non-ortho nitro benzene ring substituents is 1. The van der Waals surface area contributed by atoms with Crippen LogP contribution >= 0.6 is 0 Å². The molecule has 0 aromatic heterocycles. The summed E-state index contributed by atoms with van der Waals surface area (Å²) in [4.78, 5) is 32.0. The average Bonchev–Trinajstić information content (AvgIpc) is 2.38. The first kappa shape index (κ1) is 16.5. The van der Waals surface area contributed by atoms with Gasteiger partial charge in [0.1, 0.15) is 0 Å². The molecule has 0 aliphatic rings. The lowest BCUT2D eigenvalue weighted by atomic mass is 10.1. The Kier molecular flexibility index (Phi) is 5.77. The third kappa shape index (κ3) is 4.83. The number of carbonyl (C=O) groups excluding carboxylic acids is 1. The van der Waals surface area contributed by atoms with E-state index in [4.69, 9.17) is 0 Å². The maximum Gasteiger partial charge on any atom is 0.279 e. The van der Waals surface area contributed by atoms with Crippen LogP contribution in [0, 0.1) is 20.2 Å². The van der Waals surface area contributed by atoms with Crippen LogP contribution in [0.2, 0.25) is 0 Å². The number of carbonyl (C=O) groups is 1. The average molecular weight is 295 g/mol. The number of amides is 1. The van der Waals surface area contributed by atoms with Gasteiger partial charge in [-0.2, -0.15) is 0 Å². The van der Waals surface area contributed by atoms with Crippen molar-refractivity contribution in [3.05, 3.63) is 44.0 Å². The summed E-state index contributed by atoms with van der Waals surface area (Å²) in [5.41, 5.74) is -0.625. The zero-order chi connectivity index (χ0) is 16.0. The molecule has 0 fully saturated rings. The molecule has 1 unspecified atom stereocenters. The lowest BCUT2D eigenvalue weighted by molar-refractivity contribution is -0.394. The molecule has 8 nitrogen and oxygen atoms in total. The van der Waals surface area contributed by atoms with E-state index in [1.54, 1.807) is 0 Å². The van der Waals surface area contributed by atoms with Crippen molar-refractivity contribution in [3.8, 4) is 0 Å². The predicted molar refractivity (Wildman–Crippen MR) is 76.0 cm³/mol. The number of benzene rings is 1. The Morgan fingerprint density at radius 1 is 1.29 bits per heavy atom. The van der Waals surface area contributed by atoms with Gasteiger partial charge in [0.25, 0.3) is 11.4 Å². The second-order valence-electron chi connectivity index (χ2n) is 4.76. The largest absolute Gasteiger partial charge is 0.353 e. The van der Waals surface area contributed by atoms with Crippen LogP contribution in [-0.4, -0.2) is 21.8 Å². The van der Waals surface area contributed by atoms with Gasteiger partial charge in [0.2, 0.25) is 5.91 Å². The molecule has 114 valence electrons. The monoisotopic (exact) mass is 295 g/mol. The molecule has 0 bridgehead atoms. The van der Waals surface area contributed by atoms with Gasteiger partial charge in [-0.3, -0.25) is 25.0 Å². The molecule has 1 aromatic rings. The van der Waals surface area contributed by atoms with E-state index in [0.717, 1.165) is 25.0 Å². The van der Waals surface area contributed by atoms with Gasteiger partial charge >= 0.3 is 0 Å². The molecule has 0 aliphatic carbocycles. The number of nitro benzene ring substituents is 2. The number of hydrogen-bond acceptors (Lipinski definition) is 5. The first-order valence-electron chi connectivity index (χ1n) is 6.56. The van der Waals surface area contributed by atoms with Crippen LogP contribution in [0.25, 0.3) is 0 Å². The maximum absolute atomic E-state index is 11.8. The molecule has 1 rings (SSSR count). The summed E-state index contributed by atoms with van der Waals surface area (Å²) in [5, 5.41) is 24.3. The second kappa shape index (κ2) is 7.32. The molecular formula is C13H17N3O5. The summed E-state index contributed by atoms with van der Waals surface area (Å²) in [6, 6.07) is 3.27. The third-order valence-electron chi connectivity index (χ3n) is 2.96. The third-order valence-corrected chi connectivity index (χ3v) is 2.96. The van der Waals surface area contributed by atoms with Gasteiger partial charge < -0.3 is 5.32 Å². The Balaban J connectivity index is 2.90. The van der Waals surface area contributed by atoms with E-state index >= 15 is 0 Å². The molecule has 8 heteroatoms. The summed E-state index contributed by atoms with van der Waals surface area (Å²) in [6.07, 6.45) is 1.55. The first-order valence-corrected chi connectivity index (χ1v) is 6.56. The molecule has 21 heavy (non-hydrogen) atoms. The van der Waals surface area contributed by atoms with Crippen LogP contribution in [0.3, 0.4) is 0 Å². The lowest BCUT2D eigenvalue weighted by Crippen LogP contribution is -2.33. The smallest absolute Gasteiger partial charge is 0.279 e. The van der Waals surface area contributed by atoms with E-state index in [9.17, 15) is 25.0 Å². The minimum Gasteiger partial charge on any atom is -0.353 e. The highest BCUT2D eigenvalue weighted by atomic mass is 16.6. The normalized spacial score (nSPS) is 11.7. The maximum atomic E-state index is 11.8. The van der Waals surface area contributed by atoms with Crippen LogP contribution in [0.15, 0.2) is 18.2 Å². The molecule has 0 saturated heterocycles. The highest BCUT2D eigenvalue weighted by Crippen LogP contribution is 2.25. The minimum absolute atomic E-state index is 0.0143. The highest BCUT2D eigenvalue weighted by Gasteiger charge is 2.21. The van der Waals surface area contributed by atoms with Crippen LogP contribution in [-0.2, 0) is 11.2 Å². The molecular weight excluding hydrogens is 278 g/mol. The molecule has 0 saturated carbocycles. The molecule has 0 aliphatic heterocycles. The second-order valence-corrected chi connectivity index (χ2v) is 4.76. The van der Waals surface area contributed by atoms with E-state index in [1.165, 1.54) is 6.07 Å². The highest BCUT2D eigenvalue weighted by molar-refractivity contribution is 5.80. The summed E-state index contributed by atoms with van der Waals surface area (Å²) < 4.78 is 0. The van der Waals surface area contributed by atoms with Crippen molar-refractivity contribution < 1.29 is 14.6 Å². The lowest BCUT2D eigenvalue weighted by Gasteiger charge is -2.12. The molecule has 1 amide bonds. The van der Waals surface area contributed by atoms with E-state index in [2.05, 4.69) is 5.32 Å². The molecule has 1 aromatic carbocycles. The topological polar surface area (TPSA) is 115 Å². The van der Waals surface area contributed by atoms with Crippen molar-refractivity contribution in [2.24, 2.45) is 0 Å². The number of rotatable bonds is 7. The first-order chi connectivity index (χ1) is 9.85. The predicted octanol–water partition coefficient (Wildman–Crippen LogP) is 2.35. The fourth-order valence-electron chi connectivity index (χ4n) is 1.99. The van der Waals surface area contributed by atoms with Crippen molar-refractivity contribution >= 4 is 17.3 Å². The number of nitrogens with zero attached hydrogens (tertiary/aromatic N) is 2. The van der Waals surface area contributed by atoms with Crippen LogP contribution in [0.5, 0.6) is 0 Å². The van der Waals surface area contributed by atoms with Gasteiger partial charge in [0.15, 0.2) is 0 Å². The quantitative estimate of drug-likeness (QED) is 0.612. The van der Waals surface area contributed by atoms with Crippen LogP contribution in [0.1, 0.15) is 32.3 Å². The Labute approximate surface area is 121 Å². The standard InChI is InChI=1S/C13H17N3O5/c1-3-4-9(2)14-13(17)7-10-5-6-11(15(18)19)8-12(10)16(20)21/h5-6,8-9H,3-4,7H2,1-2H3,(H,14,17). The van der Waals surface area contributed by atoms with Gasteiger partial charge in [-0.15, -0.1) is 0 Å². The van der Waals surface area contributed by atoms with Crippen molar-refractivity contribution in [1.29, 1.82) is 0 Å². The van der Waals surface area contributed by atoms with Gasteiger partial charge in [-0.25, -0.2) is 0 Å². The molecule has 1 N–H and O–H groups in total. The van der Waals surface area contributed by atoms with Crippen molar-refractivity contribution in [2.45, 2.75) is 39.2 Å². The minimum atomic E-state index is -0.717. The zero-order valence-corrected chi connectivity index (χ0v) is 11.9. The van der Waals surface area contributed by atoms with Crippen molar-refractivity contribution in [2.75, 3.05) is 0 Å².